The number of aromatic nitrogens is 3. The highest BCUT2D eigenvalue weighted by molar-refractivity contribution is 7.26. The van der Waals surface area contributed by atoms with Crippen molar-refractivity contribution in [3.8, 4) is 56.4 Å². The lowest BCUT2D eigenvalue weighted by Gasteiger charge is -2.13. The lowest BCUT2D eigenvalue weighted by Crippen LogP contribution is -2.00. The number of fused-ring (bicyclic) bond motifs is 7. The second-order valence-corrected chi connectivity index (χ2v) is 14.6. The first kappa shape index (κ1) is 30.7. The van der Waals surface area contributed by atoms with Crippen LogP contribution in [0.4, 0.5) is 0 Å². The summed E-state index contributed by atoms with van der Waals surface area (Å²) in [6.07, 6.45) is 0. The minimum absolute atomic E-state index is 0.589. The summed E-state index contributed by atoms with van der Waals surface area (Å²) in [5.41, 5.74) is 9.02. The summed E-state index contributed by atoms with van der Waals surface area (Å²) in [4.78, 5) is 15.5. The summed E-state index contributed by atoms with van der Waals surface area (Å²) in [5.74, 6) is 1.81. The van der Waals surface area contributed by atoms with Gasteiger partial charge in [0.1, 0.15) is 11.2 Å². The highest BCUT2D eigenvalue weighted by atomic mass is 32.1. The van der Waals surface area contributed by atoms with Crippen molar-refractivity contribution < 1.29 is 4.42 Å². The minimum Gasteiger partial charge on any atom is -0.456 e. The van der Waals surface area contributed by atoms with E-state index in [1.54, 1.807) is 0 Å². The topological polar surface area (TPSA) is 51.8 Å². The molecular formula is C49H29N3OS. The molecule has 3 heterocycles. The standard InChI is InChI=1S/C49H29N3OS/c1-2-11-30(12-3-1)31-21-23-32(24-22-31)47-50-48(34-25-26-38-37-15-6-8-19-43(37)53-44(38)29-34)52-49(51-47)35-27-33-13-4-5-14-36(33)42(28-35)41-18-10-17-40-39-16-7-9-20-45(39)54-46(40)41/h1-29H. The second-order valence-electron chi connectivity index (χ2n) is 13.6. The maximum atomic E-state index is 6.30. The molecule has 0 radical (unpaired) electrons. The molecule has 54 heavy (non-hydrogen) atoms. The first-order valence-electron chi connectivity index (χ1n) is 18.0. The Hall–Kier alpha value is -6.95. The highest BCUT2D eigenvalue weighted by Crippen LogP contribution is 2.43. The van der Waals surface area contributed by atoms with Crippen molar-refractivity contribution in [1.82, 2.24) is 15.0 Å². The van der Waals surface area contributed by atoms with Crippen LogP contribution in [-0.2, 0) is 0 Å². The SMILES string of the molecule is c1ccc(-c2ccc(-c3nc(-c4cc(-c5cccc6c5sc5ccccc56)c5ccccc5c4)nc(-c4ccc5c(c4)oc4ccccc45)n3)cc2)cc1. The average Bonchev–Trinajstić information content (AvgIpc) is 3.82. The van der Waals surface area contributed by atoms with E-state index < -0.39 is 0 Å². The predicted octanol–water partition coefficient (Wildman–Crippen LogP) is 13.6. The first-order chi connectivity index (χ1) is 26.7. The number of hydrogen-bond acceptors (Lipinski definition) is 5. The van der Waals surface area contributed by atoms with Gasteiger partial charge in [-0.2, -0.15) is 0 Å². The highest BCUT2D eigenvalue weighted by Gasteiger charge is 2.18. The van der Waals surface area contributed by atoms with Crippen molar-refractivity contribution in [1.29, 1.82) is 0 Å². The van der Waals surface area contributed by atoms with Crippen LogP contribution < -0.4 is 0 Å². The number of rotatable bonds is 5. The van der Waals surface area contributed by atoms with Gasteiger partial charge in [-0.15, -0.1) is 11.3 Å². The van der Waals surface area contributed by atoms with E-state index in [-0.39, 0.29) is 0 Å². The van der Waals surface area contributed by atoms with Crippen molar-refractivity contribution in [2.45, 2.75) is 0 Å². The van der Waals surface area contributed by atoms with E-state index in [0.717, 1.165) is 60.7 Å². The van der Waals surface area contributed by atoms with Gasteiger partial charge in [-0.05, 0) is 63.9 Å². The van der Waals surface area contributed by atoms with E-state index in [2.05, 4.69) is 146 Å². The number of hydrogen-bond donors (Lipinski definition) is 0. The Bertz CT molecular complexity index is 3220. The Labute approximate surface area is 314 Å². The Morgan fingerprint density at radius 3 is 1.81 bits per heavy atom. The summed E-state index contributed by atoms with van der Waals surface area (Å²) >= 11 is 1.84. The normalized spacial score (nSPS) is 11.7. The Kier molecular flexibility index (Phi) is 7.00. The van der Waals surface area contributed by atoms with Crippen LogP contribution in [0.2, 0.25) is 0 Å². The van der Waals surface area contributed by atoms with Crippen LogP contribution in [-0.4, -0.2) is 15.0 Å². The van der Waals surface area contributed by atoms with Crippen LogP contribution in [0.1, 0.15) is 0 Å². The number of furan rings is 1. The number of para-hydroxylation sites is 1. The monoisotopic (exact) mass is 707 g/mol. The third-order valence-electron chi connectivity index (χ3n) is 10.3. The molecule has 11 aromatic rings. The van der Waals surface area contributed by atoms with E-state index >= 15 is 0 Å². The van der Waals surface area contributed by atoms with Crippen molar-refractivity contribution in [2.24, 2.45) is 0 Å². The zero-order valence-corrected chi connectivity index (χ0v) is 29.7. The van der Waals surface area contributed by atoms with Gasteiger partial charge in [0.05, 0.1) is 0 Å². The molecule has 0 fully saturated rings. The Balaban J connectivity index is 1.12. The molecule has 0 aliphatic rings. The Morgan fingerprint density at radius 2 is 0.963 bits per heavy atom. The van der Waals surface area contributed by atoms with Gasteiger partial charge in [0.25, 0.3) is 0 Å². The molecule has 11 rings (SSSR count). The molecule has 5 heteroatoms. The number of benzene rings is 8. The minimum atomic E-state index is 0.589. The zero-order valence-electron chi connectivity index (χ0n) is 28.9. The Morgan fingerprint density at radius 1 is 0.352 bits per heavy atom. The molecule has 0 amide bonds. The number of nitrogens with zero attached hydrogens (tertiary/aromatic N) is 3. The van der Waals surface area contributed by atoms with Crippen molar-refractivity contribution in [3.05, 3.63) is 176 Å². The molecule has 0 aliphatic carbocycles. The summed E-state index contributed by atoms with van der Waals surface area (Å²) in [6.45, 7) is 0. The largest absolute Gasteiger partial charge is 0.456 e. The summed E-state index contributed by atoms with van der Waals surface area (Å²) < 4.78 is 8.86. The summed E-state index contributed by atoms with van der Waals surface area (Å²) in [5, 5.41) is 7.02. The van der Waals surface area contributed by atoms with Crippen LogP contribution in [0.25, 0.3) is 109 Å². The van der Waals surface area contributed by atoms with Gasteiger partial charge in [0.2, 0.25) is 0 Å². The van der Waals surface area contributed by atoms with Crippen molar-refractivity contribution >= 4 is 64.2 Å². The fourth-order valence-electron chi connectivity index (χ4n) is 7.69. The molecule has 4 nitrogen and oxygen atoms in total. The third kappa shape index (κ3) is 5.09. The second kappa shape index (κ2) is 12.3. The van der Waals surface area contributed by atoms with E-state index in [1.807, 2.05) is 41.7 Å². The molecule has 0 spiro atoms. The van der Waals surface area contributed by atoms with Crippen molar-refractivity contribution in [2.75, 3.05) is 0 Å². The molecule has 8 aromatic carbocycles. The molecule has 0 atom stereocenters. The quantitative estimate of drug-likeness (QED) is 0.179. The van der Waals surface area contributed by atoms with E-state index in [9.17, 15) is 0 Å². The smallest absolute Gasteiger partial charge is 0.164 e. The lowest BCUT2D eigenvalue weighted by atomic mass is 9.94. The number of thiophene rings is 1. The van der Waals surface area contributed by atoms with Crippen LogP contribution in [0, 0.1) is 0 Å². The van der Waals surface area contributed by atoms with Gasteiger partial charge < -0.3 is 4.42 Å². The fourth-order valence-corrected chi connectivity index (χ4v) is 8.92. The molecule has 252 valence electrons. The summed E-state index contributed by atoms with van der Waals surface area (Å²) in [7, 11) is 0. The van der Waals surface area contributed by atoms with E-state index in [4.69, 9.17) is 19.4 Å². The van der Waals surface area contributed by atoms with E-state index in [0.29, 0.717) is 17.5 Å². The maximum Gasteiger partial charge on any atom is 0.164 e. The molecule has 3 aromatic heterocycles. The fraction of sp³-hybridized carbons (Fsp3) is 0. The molecule has 0 aliphatic heterocycles. The van der Waals surface area contributed by atoms with E-state index in [1.165, 1.54) is 31.1 Å². The van der Waals surface area contributed by atoms with Crippen LogP contribution >= 0.6 is 11.3 Å². The van der Waals surface area contributed by atoms with Gasteiger partial charge >= 0.3 is 0 Å². The molecule has 0 N–H and O–H groups in total. The molecular weight excluding hydrogens is 679 g/mol. The zero-order chi connectivity index (χ0) is 35.6. The van der Waals surface area contributed by atoms with Crippen LogP contribution in [0.3, 0.4) is 0 Å². The third-order valence-corrected chi connectivity index (χ3v) is 11.6. The maximum absolute atomic E-state index is 6.30. The van der Waals surface area contributed by atoms with Crippen molar-refractivity contribution in [3.63, 3.8) is 0 Å². The first-order valence-corrected chi connectivity index (χ1v) is 18.8. The van der Waals surface area contributed by atoms with Crippen LogP contribution in [0.5, 0.6) is 0 Å². The van der Waals surface area contributed by atoms with Gasteiger partial charge in [0, 0.05) is 53.2 Å². The summed E-state index contributed by atoms with van der Waals surface area (Å²) in [6, 6.07) is 61.6. The lowest BCUT2D eigenvalue weighted by molar-refractivity contribution is 0.669. The molecule has 0 saturated heterocycles. The average molecular weight is 708 g/mol. The predicted molar refractivity (Wildman–Crippen MR) is 225 cm³/mol. The molecule has 0 saturated carbocycles. The van der Waals surface area contributed by atoms with Gasteiger partial charge in [-0.3, -0.25) is 0 Å². The molecule has 0 unspecified atom stereocenters. The van der Waals surface area contributed by atoms with Gasteiger partial charge in [0.15, 0.2) is 17.5 Å². The van der Waals surface area contributed by atoms with Crippen LogP contribution in [0.15, 0.2) is 180 Å². The molecule has 0 bridgehead atoms. The van der Waals surface area contributed by atoms with Gasteiger partial charge in [-0.25, -0.2) is 15.0 Å². The van der Waals surface area contributed by atoms with Gasteiger partial charge in [-0.1, -0.05) is 140 Å².